The maximum Gasteiger partial charge on any atom is 0.573 e. The molecule has 1 aliphatic rings. The number of phenolic OH excluding ortho intramolecular Hbond substituents is 1. The van der Waals surface area contributed by atoms with E-state index < -0.39 is 46.9 Å². The molecule has 22 heavy (non-hydrogen) atoms. The van der Waals surface area contributed by atoms with Gasteiger partial charge in [0.05, 0.1) is 5.92 Å². The molecular formula is C14H14F6O2. The van der Waals surface area contributed by atoms with Gasteiger partial charge < -0.3 is 9.84 Å². The monoisotopic (exact) mass is 328 g/mol. The summed E-state index contributed by atoms with van der Waals surface area (Å²) >= 11 is 0. The van der Waals surface area contributed by atoms with Crippen molar-refractivity contribution in [1.82, 2.24) is 0 Å². The molecule has 2 nitrogen and oxygen atoms in total. The Labute approximate surface area is 122 Å². The van der Waals surface area contributed by atoms with E-state index in [-0.39, 0.29) is 5.56 Å². The maximum absolute atomic E-state index is 14.5. The number of rotatable bonds is 3. The van der Waals surface area contributed by atoms with Gasteiger partial charge >= 0.3 is 6.36 Å². The molecule has 0 aromatic heterocycles. The van der Waals surface area contributed by atoms with E-state index in [2.05, 4.69) is 4.74 Å². The SMILES string of the molecule is CC(C)c1cc(C2(F)C(C)C2(F)F)c(OC(F)(F)F)cc1O. The van der Waals surface area contributed by atoms with Crippen molar-refractivity contribution in [3.8, 4) is 11.5 Å². The molecular weight excluding hydrogens is 314 g/mol. The summed E-state index contributed by atoms with van der Waals surface area (Å²) in [6.07, 6.45) is -5.19. The van der Waals surface area contributed by atoms with E-state index in [9.17, 15) is 31.4 Å². The minimum Gasteiger partial charge on any atom is -0.508 e. The average molecular weight is 328 g/mol. The Kier molecular flexibility index (Phi) is 3.58. The van der Waals surface area contributed by atoms with Crippen LogP contribution in [0.3, 0.4) is 0 Å². The van der Waals surface area contributed by atoms with Crippen LogP contribution in [0.2, 0.25) is 0 Å². The van der Waals surface area contributed by atoms with Gasteiger partial charge in [-0.1, -0.05) is 20.8 Å². The highest BCUT2D eigenvalue weighted by atomic mass is 19.4. The van der Waals surface area contributed by atoms with E-state index >= 15 is 0 Å². The van der Waals surface area contributed by atoms with Gasteiger partial charge in [0.25, 0.3) is 5.92 Å². The molecule has 124 valence electrons. The van der Waals surface area contributed by atoms with Crippen LogP contribution < -0.4 is 4.74 Å². The molecule has 0 aliphatic heterocycles. The van der Waals surface area contributed by atoms with E-state index in [1.807, 2.05) is 0 Å². The van der Waals surface area contributed by atoms with Crippen molar-refractivity contribution >= 4 is 0 Å². The third-order valence-electron chi connectivity index (χ3n) is 3.91. The van der Waals surface area contributed by atoms with E-state index in [1.54, 1.807) is 13.8 Å². The summed E-state index contributed by atoms with van der Waals surface area (Å²) in [5, 5.41) is 9.71. The summed E-state index contributed by atoms with van der Waals surface area (Å²) in [4.78, 5) is 0. The van der Waals surface area contributed by atoms with Gasteiger partial charge in [-0.15, -0.1) is 13.2 Å². The zero-order valence-corrected chi connectivity index (χ0v) is 11.9. The van der Waals surface area contributed by atoms with Crippen LogP contribution in [0, 0.1) is 5.92 Å². The van der Waals surface area contributed by atoms with Crippen LogP contribution in [0.4, 0.5) is 26.3 Å². The lowest BCUT2D eigenvalue weighted by Gasteiger charge is -2.19. The summed E-state index contributed by atoms with van der Waals surface area (Å²) in [6, 6.07) is 1.35. The predicted octanol–water partition coefficient (Wildman–Crippen LogP) is 4.86. The van der Waals surface area contributed by atoms with Crippen molar-refractivity contribution in [1.29, 1.82) is 0 Å². The second kappa shape index (κ2) is 4.70. The largest absolute Gasteiger partial charge is 0.573 e. The molecule has 2 unspecified atom stereocenters. The lowest BCUT2D eigenvalue weighted by molar-refractivity contribution is -0.275. The van der Waals surface area contributed by atoms with Crippen molar-refractivity contribution < 1.29 is 36.2 Å². The fourth-order valence-corrected chi connectivity index (χ4v) is 2.49. The summed E-state index contributed by atoms with van der Waals surface area (Å²) in [6.45, 7) is 4.07. The molecule has 0 heterocycles. The van der Waals surface area contributed by atoms with Crippen LogP contribution in [-0.4, -0.2) is 17.4 Å². The Balaban J connectivity index is 2.62. The minimum atomic E-state index is -5.19. The van der Waals surface area contributed by atoms with E-state index in [4.69, 9.17) is 0 Å². The van der Waals surface area contributed by atoms with Gasteiger partial charge in [-0.2, -0.15) is 0 Å². The Morgan fingerprint density at radius 1 is 1.18 bits per heavy atom. The number of alkyl halides is 6. The lowest BCUT2D eigenvalue weighted by Crippen LogP contribution is -2.21. The van der Waals surface area contributed by atoms with Gasteiger partial charge in [0.15, 0.2) is 0 Å². The second-order valence-electron chi connectivity index (χ2n) is 5.67. The van der Waals surface area contributed by atoms with Crippen molar-refractivity contribution in [2.24, 2.45) is 5.92 Å². The van der Waals surface area contributed by atoms with Crippen molar-refractivity contribution in [3.05, 3.63) is 23.3 Å². The van der Waals surface area contributed by atoms with Gasteiger partial charge in [0, 0.05) is 11.6 Å². The quantitative estimate of drug-likeness (QED) is 0.803. The highest BCUT2D eigenvalue weighted by Crippen LogP contribution is 2.69. The molecule has 0 bridgehead atoms. The predicted molar refractivity (Wildman–Crippen MR) is 65.8 cm³/mol. The third kappa shape index (κ3) is 2.38. The molecule has 0 amide bonds. The van der Waals surface area contributed by atoms with E-state index in [0.717, 1.165) is 13.0 Å². The van der Waals surface area contributed by atoms with Gasteiger partial charge in [-0.3, -0.25) is 0 Å². The number of aromatic hydroxyl groups is 1. The summed E-state index contributed by atoms with van der Waals surface area (Å²) in [7, 11) is 0. The molecule has 0 spiro atoms. The number of halogens is 6. The summed E-state index contributed by atoms with van der Waals surface area (Å²) < 4.78 is 82.4. The number of ether oxygens (including phenoxy) is 1. The van der Waals surface area contributed by atoms with Gasteiger partial charge in [0.2, 0.25) is 5.67 Å². The van der Waals surface area contributed by atoms with Crippen LogP contribution in [0.15, 0.2) is 12.1 Å². The zero-order chi connectivity index (χ0) is 17.1. The number of benzene rings is 1. The molecule has 1 N–H and O–H groups in total. The average Bonchev–Trinajstić information content (AvgIpc) is 2.71. The van der Waals surface area contributed by atoms with Crippen molar-refractivity contribution in [3.63, 3.8) is 0 Å². The second-order valence-corrected chi connectivity index (χ2v) is 5.67. The fourth-order valence-electron chi connectivity index (χ4n) is 2.49. The normalized spacial score (nSPS) is 27.1. The molecule has 2 atom stereocenters. The summed E-state index contributed by atoms with van der Waals surface area (Å²) in [5.41, 5.74) is -4.08. The van der Waals surface area contributed by atoms with E-state index in [0.29, 0.717) is 6.07 Å². The highest BCUT2D eigenvalue weighted by Gasteiger charge is 2.82. The highest BCUT2D eigenvalue weighted by molar-refractivity contribution is 5.53. The van der Waals surface area contributed by atoms with Crippen molar-refractivity contribution in [2.45, 2.75) is 44.6 Å². The minimum absolute atomic E-state index is 0.0662. The maximum atomic E-state index is 14.5. The molecule has 1 aromatic rings. The lowest BCUT2D eigenvalue weighted by atomic mass is 9.95. The van der Waals surface area contributed by atoms with Gasteiger partial charge in [0.1, 0.15) is 11.5 Å². The smallest absolute Gasteiger partial charge is 0.508 e. The Bertz CT molecular complexity index is 596. The Morgan fingerprint density at radius 3 is 2.05 bits per heavy atom. The van der Waals surface area contributed by atoms with Gasteiger partial charge in [-0.05, 0) is 17.5 Å². The van der Waals surface area contributed by atoms with Gasteiger partial charge in [-0.25, -0.2) is 13.2 Å². The first-order chi connectivity index (χ1) is 9.82. The van der Waals surface area contributed by atoms with Crippen LogP contribution in [-0.2, 0) is 5.67 Å². The van der Waals surface area contributed by atoms with Crippen LogP contribution in [0.25, 0.3) is 0 Å². The van der Waals surface area contributed by atoms with E-state index in [1.165, 1.54) is 0 Å². The molecule has 2 rings (SSSR count). The number of phenols is 1. The zero-order valence-electron chi connectivity index (χ0n) is 11.9. The molecule has 1 aromatic carbocycles. The first-order valence-electron chi connectivity index (χ1n) is 6.52. The first kappa shape index (κ1) is 16.8. The fraction of sp³-hybridized carbons (Fsp3) is 0.571. The molecule has 0 saturated heterocycles. The molecule has 8 heteroatoms. The third-order valence-corrected chi connectivity index (χ3v) is 3.91. The van der Waals surface area contributed by atoms with Crippen LogP contribution in [0.1, 0.15) is 37.8 Å². The van der Waals surface area contributed by atoms with Crippen LogP contribution >= 0.6 is 0 Å². The number of hydrogen-bond acceptors (Lipinski definition) is 2. The molecule has 1 aliphatic carbocycles. The standard InChI is InChI=1S/C14H14F6O2/c1-6(2)8-4-9(12(15)7(3)13(12,16)17)11(5-10(8)21)22-14(18,19)20/h4-7,21H,1-3H3. The Hall–Kier alpha value is -1.60. The molecule has 1 saturated carbocycles. The molecule has 0 radical (unpaired) electrons. The summed E-state index contributed by atoms with van der Waals surface area (Å²) in [5.74, 6) is -7.69. The number of hydrogen-bond donors (Lipinski definition) is 1. The topological polar surface area (TPSA) is 29.5 Å². The first-order valence-corrected chi connectivity index (χ1v) is 6.52. The Morgan fingerprint density at radius 2 is 1.68 bits per heavy atom. The van der Waals surface area contributed by atoms with Crippen LogP contribution in [0.5, 0.6) is 11.5 Å². The molecule has 1 fully saturated rings. The van der Waals surface area contributed by atoms with Crippen molar-refractivity contribution in [2.75, 3.05) is 0 Å².